The summed E-state index contributed by atoms with van der Waals surface area (Å²) in [6, 6.07) is 12.9. The van der Waals surface area contributed by atoms with Gasteiger partial charge in [0.15, 0.2) is 0 Å². The number of nitrogens with two attached hydrogens (primary N) is 1. The summed E-state index contributed by atoms with van der Waals surface area (Å²) >= 11 is 0. The number of nitrogens with zero attached hydrogens (tertiary/aromatic N) is 1. The molecule has 2 aromatic rings. The van der Waals surface area contributed by atoms with Gasteiger partial charge in [0, 0.05) is 37.3 Å². The SMILES string of the molecule is COc1ccc(CN(C)C(=O)c2ccc(CN)cc2)c(OC)c1. The Bertz CT molecular complexity index is 668. The van der Waals surface area contributed by atoms with Crippen LogP contribution in [-0.4, -0.2) is 32.1 Å². The van der Waals surface area contributed by atoms with E-state index in [4.69, 9.17) is 15.2 Å². The molecule has 0 saturated carbocycles. The molecule has 0 heterocycles. The van der Waals surface area contributed by atoms with Crippen LogP contribution in [0.5, 0.6) is 11.5 Å². The van der Waals surface area contributed by atoms with Crippen LogP contribution in [-0.2, 0) is 13.1 Å². The fourth-order valence-corrected chi connectivity index (χ4v) is 2.31. The van der Waals surface area contributed by atoms with Crippen LogP contribution in [0.3, 0.4) is 0 Å². The Morgan fingerprint density at radius 3 is 2.35 bits per heavy atom. The highest BCUT2D eigenvalue weighted by atomic mass is 16.5. The van der Waals surface area contributed by atoms with Gasteiger partial charge >= 0.3 is 0 Å². The number of amides is 1. The van der Waals surface area contributed by atoms with Gasteiger partial charge in [-0.05, 0) is 29.8 Å². The van der Waals surface area contributed by atoms with E-state index in [9.17, 15) is 4.79 Å². The van der Waals surface area contributed by atoms with Gasteiger partial charge in [-0.2, -0.15) is 0 Å². The van der Waals surface area contributed by atoms with E-state index in [1.54, 1.807) is 38.3 Å². The maximum absolute atomic E-state index is 12.5. The fourth-order valence-electron chi connectivity index (χ4n) is 2.31. The summed E-state index contributed by atoms with van der Waals surface area (Å²) < 4.78 is 10.6. The largest absolute Gasteiger partial charge is 0.497 e. The first-order valence-electron chi connectivity index (χ1n) is 7.34. The summed E-state index contributed by atoms with van der Waals surface area (Å²) in [6.07, 6.45) is 0. The van der Waals surface area contributed by atoms with E-state index in [1.807, 2.05) is 30.3 Å². The van der Waals surface area contributed by atoms with Crippen molar-refractivity contribution in [2.75, 3.05) is 21.3 Å². The molecule has 0 bridgehead atoms. The summed E-state index contributed by atoms with van der Waals surface area (Å²) in [6.45, 7) is 0.915. The topological polar surface area (TPSA) is 64.8 Å². The van der Waals surface area contributed by atoms with Crippen LogP contribution < -0.4 is 15.2 Å². The Labute approximate surface area is 136 Å². The lowest BCUT2D eigenvalue weighted by Crippen LogP contribution is -2.26. The van der Waals surface area contributed by atoms with E-state index in [2.05, 4.69) is 0 Å². The highest BCUT2D eigenvalue weighted by molar-refractivity contribution is 5.94. The molecule has 0 spiro atoms. The maximum Gasteiger partial charge on any atom is 0.253 e. The van der Waals surface area contributed by atoms with Crippen molar-refractivity contribution in [1.82, 2.24) is 4.90 Å². The van der Waals surface area contributed by atoms with Crippen LogP contribution in [0.1, 0.15) is 21.5 Å². The molecule has 0 aliphatic heterocycles. The number of carbonyl (C=O) groups excluding carboxylic acids is 1. The number of rotatable bonds is 6. The Morgan fingerprint density at radius 1 is 1.09 bits per heavy atom. The van der Waals surface area contributed by atoms with Gasteiger partial charge in [0.1, 0.15) is 11.5 Å². The molecule has 0 unspecified atom stereocenters. The van der Waals surface area contributed by atoms with Gasteiger partial charge in [-0.15, -0.1) is 0 Å². The first-order valence-corrected chi connectivity index (χ1v) is 7.34. The minimum atomic E-state index is -0.0496. The zero-order chi connectivity index (χ0) is 16.8. The summed E-state index contributed by atoms with van der Waals surface area (Å²) in [5, 5.41) is 0. The minimum absolute atomic E-state index is 0.0496. The van der Waals surface area contributed by atoms with Crippen LogP contribution >= 0.6 is 0 Å². The van der Waals surface area contributed by atoms with Crippen LogP contribution in [0, 0.1) is 0 Å². The van der Waals surface area contributed by atoms with E-state index in [1.165, 1.54) is 0 Å². The van der Waals surface area contributed by atoms with Crippen molar-refractivity contribution in [2.45, 2.75) is 13.1 Å². The third kappa shape index (κ3) is 4.02. The second-order valence-corrected chi connectivity index (χ2v) is 5.24. The Balaban J connectivity index is 2.14. The molecule has 0 radical (unpaired) electrons. The Kier molecular flexibility index (Phi) is 5.60. The molecule has 23 heavy (non-hydrogen) atoms. The predicted octanol–water partition coefficient (Wildman–Crippen LogP) is 2.43. The lowest BCUT2D eigenvalue weighted by molar-refractivity contribution is 0.0784. The van der Waals surface area contributed by atoms with Crippen molar-refractivity contribution in [2.24, 2.45) is 5.73 Å². The molecule has 5 heteroatoms. The first-order chi connectivity index (χ1) is 11.1. The van der Waals surface area contributed by atoms with Crippen molar-refractivity contribution >= 4 is 5.91 Å². The van der Waals surface area contributed by atoms with Crippen molar-refractivity contribution in [3.8, 4) is 11.5 Å². The Morgan fingerprint density at radius 2 is 1.78 bits per heavy atom. The van der Waals surface area contributed by atoms with Gasteiger partial charge in [-0.25, -0.2) is 0 Å². The zero-order valence-corrected chi connectivity index (χ0v) is 13.7. The standard InChI is InChI=1S/C18H22N2O3/c1-20(18(21)14-6-4-13(11-19)5-7-14)12-15-8-9-16(22-2)10-17(15)23-3/h4-10H,11-12,19H2,1-3H3. The summed E-state index contributed by atoms with van der Waals surface area (Å²) in [4.78, 5) is 14.2. The molecular formula is C18H22N2O3. The molecule has 0 atom stereocenters. The van der Waals surface area contributed by atoms with Gasteiger partial charge in [0.2, 0.25) is 0 Å². The van der Waals surface area contributed by atoms with Crippen LogP contribution in [0.25, 0.3) is 0 Å². The van der Waals surface area contributed by atoms with Gasteiger partial charge < -0.3 is 20.1 Å². The first kappa shape index (κ1) is 16.8. The van der Waals surface area contributed by atoms with Gasteiger partial charge in [-0.1, -0.05) is 12.1 Å². The summed E-state index contributed by atoms with van der Waals surface area (Å²) in [5.41, 5.74) is 8.13. The molecule has 122 valence electrons. The normalized spacial score (nSPS) is 10.3. The monoisotopic (exact) mass is 314 g/mol. The molecule has 0 fully saturated rings. The highest BCUT2D eigenvalue weighted by Crippen LogP contribution is 2.25. The van der Waals surface area contributed by atoms with E-state index < -0.39 is 0 Å². The van der Waals surface area contributed by atoms with Gasteiger partial charge in [0.25, 0.3) is 5.91 Å². The molecule has 0 aromatic heterocycles. The number of carbonyl (C=O) groups is 1. The predicted molar refractivity (Wildman–Crippen MR) is 89.7 cm³/mol. The quantitative estimate of drug-likeness (QED) is 0.889. The molecule has 0 aliphatic carbocycles. The highest BCUT2D eigenvalue weighted by Gasteiger charge is 2.14. The number of ether oxygens (including phenoxy) is 2. The van der Waals surface area contributed by atoms with Crippen LogP contribution in [0.4, 0.5) is 0 Å². The minimum Gasteiger partial charge on any atom is -0.497 e. The number of hydrogen-bond acceptors (Lipinski definition) is 4. The summed E-state index contributed by atoms with van der Waals surface area (Å²) in [5.74, 6) is 1.37. The molecule has 2 aromatic carbocycles. The average Bonchev–Trinajstić information content (AvgIpc) is 2.61. The van der Waals surface area contributed by atoms with Crippen molar-refractivity contribution in [3.63, 3.8) is 0 Å². The lowest BCUT2D eigenvalue weighted by Gasteiger charge is -2.19. The third-order valence-corrected chi connectivity index (χ3v) is 3.69. The van der Waals surface area contributed by atoms with Gasteiger partial charge in [0.05, 0.1) is 14.2 Å². The van der Waals surface area contributed by atoms with Crippen molar-refractivity contribution in [1.29, 1.82) is 0 Å². The molecule has 2 N–H and O–H groups in total. The average molecular weight is 314 g/mol. The second-order valence-electron chi connectivity index (χ2n) is 5.24. The van der Waals surface area contributed by atoms with E-state index in [0.29, 0.717) is 24.4 Å². The molecule has 0 saturated heterocycles. The van der Waals surface area contributed by atoms with Crippen LogP contribution in [0.2, 0.25) is 0 Å². The Hall–Kier alpha value is -2.53. The number of hydrogen-bond donors (Lipinski definition) is 1. The number of benzene rings is 2. The van der Waals surface area contributed by atoms with Gasteiger partial charge in [-0.3, -0.25) is 4.79 Å². The van der Waals surface area contributed by atoms with E-state index in [-0.39, 0.29) is 5.91 Å². The lowest BCUT2D eigenvalue weighted by atomic mass is 10.1. The summed E-state index contributed by atoms with van der Waals surface area (Å²) in [7, 11) is 4.98. The molecule has 0 aliphatic rings. The molecular weight excluding hydrogens is 292 g/mol. The fraction of sp³-hybridized carbons (Fsp3) is 0.278. The van der Waals surface area contributed by atoms with Crippen LogP contribution in [0.15, 0.2) is 42.5 Å². The maximum atomic E-state index is 12.5. The van der Waals surface area contributed by atoms with E-state index >= 15 is 0 Å². The number of methoxy groups -OCH3 is 2. The zero-order valence-electron chi connectivity index (χ0n) is 13.7. The van der Waals surface area contributed by atoms with Crippen molar-refractivity contribution < 1.29 is 14.3 Å². The van der Waals surface area contributed by atoms with E-state index in [0.717, 1.165) is 16.9 Å². The smallest absolute Gasteiger partial charge is 0.253 e. The third-order valence-electron chi connectivity index (χ3n) is 3.69. The second kappa shape index (κ2) is 7.65. The molecule has 2 rings (SSSR count). The molecule has 5 nitrogen and oxygen atoms in total. The molecule has 1 amide bonds. The van der Waals surface area contributed by atoms with Crippen molar-refractivity contribution in [3.05, 3.63) is 59.2 Å².